The van der Waals surface area contributed by atoms with E-state index in [9.17, 15) is 0 Å². The number of rotatable bonds is 5. The van der Waals surface area contributed by atoms with Gasteiger partial charge in [-0.05, 0) is 51.9 Å². The zero-order valence-electron chi connectivity index (χ0n) is 10.9. The summed E-state index contributed by atoms with van der Waals surface area (Å²) in [5.41, 5.74) is 0. The van der Waals surface area contributed by atoms with Gasteiger partial charge in [0.05, 0.1) is 0 Å². The molecule has 0 aromatic carbocycles. The summed E-state index contributed by atoms with van der Waals surface area (Å²) < 4.78 is 0. The normalized spacial score (nSPS) is 31.7. The zero-order chi connectivity index (χ0) is 11.4. The smallest absolute Gasteiger partial charge is 0.0220 e. The number of hydrogen-bond donors (Lipinski definition) is 1. The van der Waals surface area contributed by atoms with Crippen LogP contribution >= 0.6 is 0 Å². The van der Waals surface area contributed by atoms with Crippen molar-refractivity contribution in [3.63, 3.8) is 0 Å². The summed E-state index contributed by atoms with van der Waals surface area (Å²) in [5, 5.41) is 3.61. The minimum absolute atomic E-state index is 0.726. The van der Waals surface area contributed by atoms with Crippen LogP contribution in [0.3, 0.4) is 0 Å². The van der Waals surface area contributed by atoms with Crippen molar-refractivity contribution in [2.24, 2.45) is 5.92 Å². The van der Waals surface area contributed by atoms with Gasteiger partial charge in [-0.25, -0.2) is 0 Å². The maximum Gasteiger partial charge on any atom is 0.0220 e. The van der Waals surface area contributed by atoms with Crippen molar-refractivity contribution in [3.8, 4) is 0 Å². The third-order valence-electron chi connectivity index (χ3n) is 4.20. The fourth-order valence-electron chi connectivity index (χ4n) is 2.89. The van der Waals surface area contributed by atoms with Crippen molar-refractivity contribution < 1.29 is 0 Å². The molecule has 2 fully saturated rings. The lowest BCUT2D eigenvalue weighted by Crippen LogP contribution is -2.41. The van der Waals surface area contributed by atoms with E-state index in [4.69, 9.17) is 0 Å². The van der Waals surface area contributed by atoms with E-state index in [0.717, 1.165) is 12.0 Å². The Morgan fingerprint density at radius 2 is 2.06 bits per heavy atom. The molecule has 0 saturated carbocycles. The molecule has 0 bridgehead atoms. The quantitative estimate of drug-likeness (QED) is 0.753. The third kappa shape index (κ3) is 3.44. The number of nitrogens with one attached hydrogen (secondary N) is 1. The molecular weight excluding hydrogens is 198 g/mol. The van der Waals surface area contributed by atoms with Crippen molar-refractivity contribution in [3.05, 3.63) is 0 Å². The van der Waals surface area contributed by atoms with Crippen molar-refractivity contribution in [1.82, 2.24) is 15.1 Å². The van der Waals surface area contributed by atoms with Crippen LogP contribution in [0.4, 0.5) is 0 Å². The molecule has 94 valence electrons. The summed E-state index contributed by atoms with van der Waals surface area (Å²) in [6.07, 6.45) is 4.17. The summed E-state index contributed by atoms with van der Waals surface area (Å²) in [7, 11) is 2.27. The van der Waals surface area contributed by atoms with Crippen molar-refractivity contribution >= 4 is 0 Å². The summed E-state index contributed by atoms with van der Waals surface area (Å²) in [6.45, 7) is 9.94. The molecule has 2 rings (SSSR count). The van der Waals surface area contributed by atoms with E-state index in [0.29, 0.717) is 0 Å². The highest BCUT2D eigenvalue weighted by molar-refractivity contribution is 4.83. The first-order valence-corrected chi connectivity index (χ1v) is 6.90. The Kier molecular flexibility index (Phi) is 4.62. The van der Waals surface area contributed by atoms with Crippen LogP contribution < -0.4 is 5.32 Å². The number of hydrogen-bond acceptors (Lipinski definition) is 3. The highest BCUT2D eigenvalue weighted by Crippen LogP contribution is 2.15. The molecule has 16 heavy (non-hydrogen) atoms. The first-order chi connectivity index (χ1) is 7.75. The summed E-state index contributed by atoms with van der Waals surface area (Å²) in [4.78, 5) is 5.10. The highest BCUT2D eigenvalue weighted by Gasteiger charge is 2.23. The van der Waals surface area contributed by atoms with Crippen molar-refractivity contribution in [2.45, 2.75) is 32.2 Å². The average molecular weight is 225 g/mol. The van der Waals surface area contributed by atoms with Crippen LogP contribution in [0.5, 0.6) is 0 Å². The fraction of sp³-hybridized carbons (Fsp3) is 1.00. The van der Waals surface area contributed by atoms with Crippen LogP contribution in [0.25, 0.3) is 0 Å². The summed E-state index contributed by atoms with van der Waals surface area (Å²) in [6, 6.07) is 0.726. The highest BCUT2D eigenvalue weighted by atomic mass is 15.2. The lowest BCUT2D eigenvalue weighted by Gasteiger charge is -2.25. The van der Waals surface area contributed by atoms with Crippen LogP contribution in [0, 0.1) is 5.92 Å². The number of likely N-dealkylation sites (tertiary alicyclic amines) is 1. The van der Waals surface area contributed by atoms with Crippen molar-refractivity contribution in [2.75, 3.05) is 46.3 Å². The molecule has 0 aromatic heterocycles. The monoisotopic (exact) mass is 225 g/mol. The molecule has 2 aliphatic rings. The fourth-order valence-corrected chi connectivity index (χ4v) is 2.89. The van der Waals surface area contributed by atoms with Gasteiger partial charge >= 0.3 is 0 Å². The molecule has 2 saturated heterocycles. The zero-order valence-corrected chi connectivity index (χ0v) is 10.9. The molecule has 2 heterocycles. The second-order valence-electron chi connectivity index (χ2n) is 5.64. The maximum absolute atomic E-state index is 3.61. The topological polar surface area (TPSA) is 18.5 Å². The Morgan fingerprint density at radius 1 is 1.31 bits per heavy atom. The SMILES string of the molecule is CC1CCNC1CN(C)CCN1CCCC1. The minimum atomic E-state index is 0.726. The maximum atomic E-state index is 3.61. The van der Waals surface area contributed by atoms with Crippen LogP contribution in [0.15, 0.2) is 0 Å². The molecule has 0 radical (unpaired) electrons. The molecule has 2 unspecified atom stereocenters. The van der Waals surface area contributed by atoms with E-state index < -0.39 is 0 Å². The Labute approximate surface area is 100 Å². The van der Waals surface area contributed by atoms with E-state index in [1.165, 1.54) is 58.5 Å². The van der Waals surface area contributed by atoms with Gasteiger partial charge in [-0.3, -0.25) is 0 Å². The van der Waals surface area contributed by atoms with Gasteiger partial charge < -0.3 is 15.1 Å². The molecular formula is C13H27N3. The van der Waals surface area contributed by atoms with E-state index in [-0.39, 0.29) is 0 Å². The van der Waals surface area contributed by atoms with E-state index in [1.54, 1.807) is 0 Å². The van der Waals surface area contributed by atoms with E-state index in [1.807, 2.05) is 0 Å². The summed E-state index contributed by atoms with van der Waals surface area (Å²) >= 11 is 0. The summed E-state index contributed by atoms with van der Waals surface area (Å²) in [5.74, 6) is 0.856. The Morgan fingerprint density at radius 3 is 2.69 bits per heavy atom. The first kappa shape index (κ1) is 12.3. The second kappa shape index (κ2) is 5.99. The molecule has 3 nitrogen and oxygen atoms in total. The van der Waals surface area contributed by atoms with E-state index >= 15 is 0 Å². The van der Waals surface area contributed by atoms with Crippen LogP contribution in [-0.4, -0.2) is 62.2 Å². The molecule has 0 amide bonds. The Bertz CT molecular complexity index is 201. The van der Waals surface area contributed by atoms with Gasteiger partial charge in [0.1, 0.15) is 0 Å². The van der Waals surface area contributed by atoms with Gasteiger partial charge in [0.15, 0.2) is 0 Å². The average Bonchev–Trinajstić information content (AvgIpc) is 2.88. The molecule has 3 heteroatoms. The predicted molar refractivity (Wildman–Crippen MR) is 68.7 cm³/mol. The van der Waals surface area contributed by atoms with Crippen molar-refractivity contribution in [1.29, 1.82) is 0 Å². The second-order valence-corrected chi connectivity index (χ2v) is 5.64. The van der Waals surface area contributed by atoms with Gasteiger partial charge in [0.25, 0.3) is 0 Å². The van der Waals surface area contributed by atoms with E-state index in [2.05, 4.69) is 29.1 Å². The van der Waals surface area contributed by atoms with Gasteiger partial charge in [0, 0.05) is 25.7 Å². The number of nitrogens with zero attached hydrogens (tertiary/aromatic N) is 2. The lowest BCUT2D eigenvalue weighted by atomic mass is 10.0. The Balaban J connectivity index is 1.61. The van der Waals surface area contributed by atoms with Gasteiger partial charge in [0.2, 0.25) is 0 Å². The molecule has 1 N–H and O–H groups in total. The number of likely N-dealkylation sites (N-methyl/N-ethyl adjacent to an activating group) is 1. The molecule has 2 atom stereocenters. The largest absolute Gasteiger partial charge is 0.312 e. The van der Waals surface area contributed by atoms with Crippen LogP contribution in [0.1, 0.15) is 26.2 Å². The van der Waals surface area contributed by atoms with Gasteiger partial charge in [-0.1, -0.05) is 6.92 Å². The predicted octanol–water partition coefficient (Wildman–Crippen LogP) is 1.01. The lowest BCUT2D eigenvalue weighted by molar-refractivity contribution is 0.233. The molecule has 0 aliphatic carbocycles. The standard InChI is InChI=1S/C13H27N3/c1-12-5-6-14-13(12)11-15(2)9-10-16-7-3-4-8-16/h12-14H,3-11H2,1-2H3. The van der Waals surface area contributed by atoms with Gasteiger partial charge in [-0.2, -0.15) is 0 Å². The minimum Gasteiger partial charge on any atom is -0.312 e. The van der Waals surface area contributed by atoms with Crippen LogP contribution in [-0.2, 0) is 0 Å². The first-order valence-electron chi connectivity index (χ1n) is 6.90. The van der Waals surface area contributed by atoms with Gasteiger partial charge in [-0.15, -0.1) is 0 Å². The molecule has 2 aliphatic heterocycles. The molecule has 0 spiro atoms. The molecule has 0 aromatic rings. The third-order valence-corrected chi connectivity index (χ3v) is 4.20. The van der Waals surface area contributed by atoms with Crippen LogP contribution in [0.2, 0.25) is 0 Å². The Hall–Kier alpha value is -0.120.